The summed E-state index contributed by atoms with van der Waals surface area (Å²) < 4.78 is 246. The van der Waals surface area contributed by atoms with E-state index in [9.17, 15) is 83.4 Å². The molecule has 1 nitrogen and oxygen atoms in total. The third-order valence-electron chi connectivity index (χ3n) is 3.32. The number of halogens is 19. The molecule has 0 aromatic carbocycles. The van der Waals surface area contributed by atoms with Gasteiger partial charge in [-0.05, 0) is 0 Å². The minimum atomic E-state index is -8.94. The Morgan fingerprint density at radius 1 is 0.387 bits per heavy atom. The van der Waals surface area contributed by atoms with E-state index in [2.05, 4.69) is 4.74 Å². The Hall–Kier alpha value is -1.79. The van der Waals surface area contributed by atoms with Gasteiger partial charge in [0.2, 0.25) is 0 Å². The van der Waals surface area contributed by atoms with E-state index in [1.54, 1.807) is 0 Å². The molecule has 0 aliphatic heterocycles. The van der Waals surface area contributed by atoms with Crippen molar-refractivity contribution in [2.75, 3.05) is 0 Å². The summed E-state index contributed by atoms with van der Waals surface area (Å²) in [6.07, 6.45) is -15.8. The molecule has 0 bridgehead atoms. The smallest absolute Gasteiger partial charge is 0.436 e. The normalized spacial score (nSPS) is 16.4. The summed E-state index contributed by atoms with van der Waals surface area (Å²) in [7, 11) is 0. The Kier molecular flexibility index (Phi) is 6.70. The lowest BCUT2D eigenvalue weighted by Crippen LogP contribution is -2.75. The van der Waals surface area contributed by atoms with Crippen molar-refractivity contribution in [3.8, 4) is 0 Å². The average Bonchev–Trinajstić information content (AvgIpc) is 2.52. The third-order valence-corrected chi connectivity index (χ3v) is 3.32. The number of hydrogen-bond donors (Lipinski definition) is 0. The molecule has 0 aliphatic carbocycles. The molecule has 0 atom stereocenters. The molecule has 0 heterocycles. The first-order chi connectivity index (χ1) is 13.1. The molecule has 0 aromatic heterocycles. The Bertz CT molecular complexity index is 671. The first kappa shape index (κ1) is 29.2. The summed E-state index contributed by atoms with van der Waals surface area (Å²) >= 11 is 0. The minimum Gasteiger partial charge on any atom is -0.436 e. The molecule has 0 spiro atoms. The molecular weight excluding hydrogens is 509 g/mol. The summed E-state index contributed by atoms with van der Waals surface area (Å²) in [5.41, 5.74) is 0. The standard InChI is InChI=1S/C11H3F19O/c1-2-31-11(29,30)9(24,25)7(20,21)5(16,17)3(12,13)4(14,15)6(18,19)8(22,23)10(26,27)28/h2H,1H2. The second-order valence-electron chi connectivity index (χ2n) is 5.32. The van der Waals surface area contributed by atoms with Crippen LogP contribution in [0, 0.1) is 0 Å². The van der Waals surface area contributed by atoms with Gasteiger partial charge in [0.25, 0.3) is 0 Å². The van der Waals surface area contributed by atoms with E-state index in [1.807, 2.05) is 6.58 Å². The number of hydrogen-bond acceptors (Lipinski definition) is 1. The van der Waals surface area contributed by atoms with Crippen molar-refractivity contribution in [2.24, 2.45) is 0 Å². The maximum Gasteiger partial charge on any atom is 0.470 e. The fourth-order valence-electron chi connectivity index (χ4n) is 1.53. The van der Waals surface area contributed by atoms with E-state index in [1.165, 1.54) is 0 Å². The highest BCUT2D eigenvalue weighted by molar-refractivity contribution is 5.16. The van der Waals surface area contributed by atoms with E-state index in [0.717, 1.165) is 0 Å². The van der Waals surface area contributed by atoms with Gasteiger partial charge in [-0.3, -0.25) is 0 Å². The van der Waals surface area contributed by atoms with Gasteiger partial charge in [-0.15, -0.1) is 0 Å². The molecule has 0 radical (unpaired) electrons. The van der Waals surface area contributed by atoms with Gasteiger partial charge in [-0.1, -0.05) is 6.58 Å². The largest absolute Gasteiger partial charge is 0.470 e. The lowest BCUT2D eigenvalue weighted by atomic mass is 9.88. The van der Waals surface area contributed by atoms with E-state index >= 15 is 0 Å². The maximum absolute atomic E-state index is 13.2. The van der Waals surface area contributed by atoms with Crippen LogP contribution in [-0.2, 0) is 4.74 Å². The van der Waals surface area contributed by atoms with Gasteiger partial charge in [0.1, 0.15) is 0 Å². The Morgan fingerprint density at radius 3 is 0.839 bits per heavy atom. The first-order valence-corrected chi connectivity index (χ1v) is 6.44. The van der Waals surface area contributed by atoms with Crippen molar-refractivity contribution in [3.63, 3.8) is 0 Å². The lowest BCUT2D eigenvalue weighted by Gasteiger charge is -2.43. The zero-order chi connectivity index (χ0) is 25.9. The van der Waals surface area contributed by atoms with Crippen molar-refractivity contribution in [3.05, 3.63) is 12.8 Å². The molecule has 0 aromatic rings. The van der Waals surface area contributed by atoms with Crippen molar-refractivity contribution in [1.82, 2.24) is 0 Å². The van der Waals surface area contributed by atoms with Crippen LogP contribution in [0.5, 0.6) is 0 Å². The first-order valence-electron chi connectivity index (χ1n) is 6.44. The molecule has 0 saturated carbocycles. The van der Waals surface area contributed by atoms with E-state index in [4.69, 9.17) is 0 Å². The molecule has 0 amide bonds. The molecule has 31 heavy (non-hydrogen) atoms. The molecule has 0 N–H and O–H groups in total. The van der Waals surface area contributed by atoms with Crippen LogP contribution in [0.4, 0.5) is 83.4 Å². The summed E-state index contributed by atoms with van der Waals surface area (Å²) in [4.78, 5) is 0. The molecule has 0 aliphatic rings. The van der Waals surface area contributed by atoms with Gasteiger partial charge >= 0.3 is 53.7 Å². The quantitative estimate of drug-likeness (QED) is 0.246. The minimum absolute atomic E-state index is 0.882. The van der Waals surface area contributed by atoms with E-state index in [0.29, 0.717) is 0 Å². The topological polar surface area (TPSA) is 9.23 Å². The van der Waals surface area contributed by atoms with Crippen LogP contribution in [0.15, 0.2) is 12.8 Å². The lowest BCUT2D eigenvalue weighted by molar-refractivity contribution is -0.478. The Balaban J connectivity index is 6.87. The van der Waals surface area contributed by atoms with Crippen LogP contribution in [0.3, 0.4) is 0 Å². The van der Waals surface area contributed by atoms with E-state index < -0.39 is 60.0 Å². The summed E-state index contributed by atoms with van der Waals surface area (Å²) in [6.45, 7) is 2.05. The van der Waals surface area contributed by atoms with Crippen molar-refractivity contribution in [1.29, 1.82) is 0 Å². The second-order valence-corrected chi connectivity index (χ2v) is 5.32. The summed E-state index contributed by atoms with van der Waals surface area (Å²) in [6, 6.07) is 0. The van der Waals surface area contributed by atoms with Gasteiger partial charge in [-0.2, -0.15) is 83.4 Å². The van der Waals surface area contributed by atoms with Gasteiger partial charge < -0.3 is 4.74 Å². The van der Waals surface area contributed by atoms with Crippen LogP contribution >= 0.6 is 0 Å². The Labute approximate surface area is 156 Å². The fourth-order valence-corrected chi connectivity index (χ4v) is 1.53. The fraction of sp³-hybridized carbons (Fsp3) is 0.818. The summed E-state index contributed by atoms with van der Waals surface area (Å²) in [5.74, 6) is -60.2. The van der Waals surface area contributed by atoms with Gasteiger partial charge in [0.15, 0.2) is 0 Å². The summed E-state index contributed by atoms with van der Waals surface area (Å²) in [5, 5.41) is 0. The zero-order valence-corrected chi connectivity index (χ0v) is 13.4. The molecule has 0 rings (SSSR count). The highest BCUT2D eigenvalue weighted by atomic mass is 19.4. The average molecular weight is 512 g/mol. The predicted molar refractivity (Wildman–Crippen MR) is 56.9 cm³/mol. The van der Waals surface area contributed by atoms with Crippen LogP contribution in [-0.4, -0.2) is 53.7 Å². The molecule has 186 valence electrons. The van der Waals surface area contributed by atoms with Crippen molar-refractivity contribution >= 4 is 0 Å². The highest BCUT2D eigenvalue weighted by Gasteiger charge is 2.97. The number of rotatable bonds is 9. The zero-order valence-electron chi connectivity index (χ0n) is 13.4. The molecule has 0 unspecified atom stereocenters. The predicted octanol–water partition coefficient (Wildman–Crippen LogP) is 6.75. The van der Waals surface area contributed by atoms with Crippen LogP contribution in [0.25, 0.3) is 0 Å². The molecule has 0 saturated heterocycles. The molecule has 0 fully saturated rings. The van der Waals surface area contributed by atoms with E-state index in [-0.39, 0.29) is 0 Å². The van der Waals surface area contributed by atoms with Gasteiger partial charge in [0, 0.05) is 0 Å². The highest BCUT2D eigenvalue weighted by Crippen LogP contribution is 2.65. The molecule has 20 heteroatoms. The third kappa shape index (κ3) is 3.52. The molecular formula is C11H3F19O. The Morgan fingerprint density at radius 2 is 0.613 bits per heavy atom. The maximum atomic E-state index is 13.2. The monoisotopic (exact) mass is 512 g/mol. The SMILES string of the molecule is C=COC(F)(F)C(F)(F)C(F)(F)C(F)(F)C(F)(F)C(F)(F)C(F)(F)C(F)(F)C(F)(F)F. The number of ether oxygens (including phenoxy) is 1. The van der Waals surface area contributed by atoms with Crippen LogP contribution < -0.4 is 0 Å². The second kappa shape index (κ2) is 7.11. The van der Waals surface area contributed by atoms with Crippen molar-refractivity contribution in [2.45, 2.75) is 53.7 Å². The van der Waals surface area contributed by atoms with Crippen molar-refractivity contribution < 1.29 is 88.2 Å². The van der Waals surface area contributed by atoms with Crippen LogP contribution in [0.1, 0.15) is 0 Å². The number of alkyl halides is 19. The van der Waals surface area contributed by atoms with Gasteiger partial charge in [0.05, 0.1) is 6.26 Å². The van der Waals surface area contributed by atoms with Crippen LogP contribution in [0.2, 0.25) is 0 Å². The van der Waals surface area contributed by atoms with Gasteiger partial charge in [-0.25, -0.2) is 0 Å².